The van der Waals surface area contributed by atoms with Gasteiger partial charge in [0.05, 0.1) is 13.2 Å². The molecule has 0 radical (unpaired) electrons. The van der Waals surface area contributed by atoms with Gasteiger partial charge in [-0.1, -0.05) is 18.2 Å². The monoisotopic (exact) mass is 296 g/mol. The predicted octanol–water partition coefficient (Wildman–Crippen LogP) is 2.90. The van der Waals surface area contributed by atoms with E-state index in [4.69, 9.17) is 9.15 Å². The van der Waals surface area contributed by atoms with Crippen LogP contribution < -0.4 is 0 Å². The average molecular weight is 296 g/mol. The number of furan rings is 1. The van der Waals surface area contributed by atoms with Gasteiger partial charge in [-0.25, -0.2) is 0 Å². The highest BCUT2D eigenvalue weighted by molar-refractivity contribution is 5.96. The molecule has 0 aliphatic carbocycles. The SMILES string of the molecule is O=C(c1ccc(-c2c[nH]c3ccccc23)o1)N1CCOCC1. The number of carbonyl (C=O) groups excluding carboxylic acids is 1. The second-order valence-electron chi connectivity index (χ2n) is 5.32. The zero-order chi connectivity index (χ0) is 14.9. The number of fused-ring (bicyclic) bond motifs is 1. The van der Waals surface area contributed by atoms with Gasteiger partial charge in [0, 0.05) is 35.8 Å². The van der Waals surface area contributed by atoms with E-state index in [-0.39, 0.29) is 5.91 Å². The van der Waals surface area contributed by atoms with Crippen molar-refractivity contribution < 1.29 is 13.9 Å². The zero-order valence-electron chi connectivity index (χ0n) is 12.0. The Labute approximate surface area is 127 Å². The first-order valence-electron chi connectivity index (χ1n) is 7.36. The number of hydrogen-bond donors (Lipinski definition) is 1. The summed E-state index contributed by atoms with van der Waals surface area (Å²) in [5.74, 6) is 1.01. The first-order valence-corrected chi connectivity index (χ1v) is 7.36. The van der Waals surface area contributed by atoms with E-state index in [9.17, 15) is 4.79 Å². The molecule has 3 heterocycles. The maximum absolute atomic E-state index is 12.4. The summed E-state index contributed by atoms with van der Waals surface area (Å²) < 4.78 is 11.1. The van der Waals surface area contributed by atoms with Crippen LogP contribution in [0.25, 0.3) is 22.2 Å². The van der Waals surface area contributed by atoms with E-state index >= 15 is 0 Å². The number of aromatic nitrogens is 1. The Morgan fingerprint density at radius 1 is 1.09 bits per heavy atom. The third-order valence-electron chi connectivity index (χ3n) is 3.97. The van der Waals surface area contributed by atoms with Crippen LogP contribution in [0.4, 0.5) is 0 Å². The fourth-order valence-corrected chi connectivity index (χ4v) is 2.80. The largest absolute Gasteiger partial charge is 0.451 e. The van der Waals surface area contributed by atoms with Crippen molar-refractivity contribution in [2.45, 2.75) is 0 Å². The van der Waals surface area contributed by atoms with Crippen LogP contribution in [0.2, 0.25) is 0 Å². The maximum atomic E-state index is 12.4. The minimum atomic E-state index is -0.0746. The Morgan fingerprint density at radius 3 is 2.77 bits per heavy atom. The number of amides is 1. The quantitative estimate of drug-likeness (QED) is 0.791. The van der Waals surface area contributed by atoms with Gasteiger partial charge in [0.25, 0.3) is 5.91 Å². The molecule has 5 nitrogen and oxygen atoms in total. The normalized spacial score (nSPS) is 15.4. The Kier molecular flexibility index (Phi) is 3.20. The van der Waals surface area contributed by atoms with Crippen molar-refractivity contribution >= 4 is 16.8 Å². The summed E-state index contributed by atoms with van der Waals surface area (Å²) in [5, 5.41) is 1.09. The molecule has 0 bridgehead atoms. The molecular formula is C17H16N2O3. The van der Waals surface area contributed by atoms with Crippen molar-refractivity contribution in [1.82, 2.24) is 9.88 Å². The summed E-state index contributed by atoms with van der Waals surface area (Å²) in [6.45, 7) is 2.40. The molecule has 0 unspecified atom stereocenters. The van der Waals surface area contributed by atoms with Crippen LogP contribution >= 0.6 is 0 Å². The third kappa shape index (κ3) is 2.19. The van der Waals surface area contributed by atoms with Crippen molar-refractivity contribution in [3.8, 4) is 11.3 Å². The number of morpholine rings is 1. The standard InChI is InChI=1S/C17H16N2O3/c20-17(19-7-9-21-10-8-19)16-6-5-15(22-16)13-11-18-14-4-2-1-3-12(13)14/h1-6,11,18H,7-10H2. The number of nitrogens with zero attached hydrogens (tertiary/aromatic N) is 1. The summed E-state index contributed by atoms with van der Waals surface area (Å²) >= 11 is 0. The number of benzene rings is 1. The fourth-order valence-electron chi connectivity index (χ4n) is 2.80. The molecule has 3 aromatic rings. The molecule has 112 valence electrons. The molecule has 1 fully saturated rings. The lowest BCUT2D eigenvalue weighted by molar-refractivity contribution is 0.0283. The van der Waals surface area contributed by atoms with E-state index in [0.29, 0.717) is 37.8 Å². The highest BCUT2D eigenvalue weighted by Crippen LogP contribution is 2.30. The van der Waals surface area contributed by atoms with Crippen molar-refractivity contribution in [1.29, 1.82) is 0 Å². The fraction of sp³-hybridized carbons (Fsp3) is 0.235. The summed E-state index contributed by atoms with van der Waals surface area (Å²) in [7, 11) is 0. The number of para-hydroxylation sites is 1. The van der Waals surface area contributed by atoms with Gasteiger partial charge < -0.3 is 19.0 Å². The number of aromatic amines is 1. The van der Waals surface area contributed by atoms with Crippen LogP contribution in [0.1, 0.15) is 10.6 Å². The lowest BCUT2D eigenvalue weighted by atomic mass is 10.1. The van der Waals surface area contributed by atoms with Crippen LogP contribution in [-0.4, -0.2) is 42.1 Å². The summed E-state index contributed by atoms with van der Waals surface area (Å²) in [5.41, 5.74) is 2.02. The third-order valence-corrected chi connectivity index (χ3v) is 3.97. The highest BCUT2D eigenvalue weighted by atomic mass is 16.5. The molecule has 1 aliphatic rings. The average Bonchev–Trinajstić information content (AvgIpc) is 3.21. The molecule has 0 atom stereocenters. The smallest absolute Gasteiger partial charge is 0.289 e. The molecule has 4 rings (SSSR count). The lowest BCUT2D eigenvalue weighted by Crippen LogP contribution is -2.40. The topological polar surface area (TPSA) is 58.5 Å². The second-order valence-corrected chi connectivity index (χ2v) is 5.32. The van der Waals surface area contributed by atoms with Gasteiger partial charge in [-0.3, -0.25) is 4.79 Å². The molecular weight excluding hydrogens is 280 g/mol. The van der Waals surface area contributed by atoms with Gasteiger partial charge in [0.2, 0.25) is 0 Å². The minimum absolute atomic E-state index is 0.0746. The van der Waals surface area contributed by atoms with Crippen molar-refractivity contribution in [2.75, 3.05) is 26.3 Å². The molecule has 1 aliphatic heterocycles. The van der Waals surface area contributed by atoms with E-state index < -0.39 is 0 Å². The molecule has 1 N–H and O–H groups in total. The van der Waals surface area contributed by atoms with E-state index in [0.717, 1.165) is 16.5 Å². The Balaban J connectivity index is 1.65. The van der Waals surface area contributed by atoms with Crippen LogP contribution in [-0.2, 0) is 4.74 Å². The Bertz CT molecular complexity index is 812. The Hall–Kier alpha value is -2.53. The van der Waals surface area contributed by atoms with Crippen molar-refractivity contribution in [2.24, 2.45) is 0 Å². The summed E-state index contributed by atoms with van der Waals surface area (Å²) in [6, 6.07) is 11.6. The molecule has 1 amide bonds. The van der Waals surface area contributed by atoms with Gasteiger partial charge in [-0.15, -0.1) is 0 Å². The molecule has 5 heteroatoms. The number of hydrogen-bond acceptors (Lipinski definition) is 3. The van der Waals surface area contributed by atoms with Gasteiger partial charge in [0.15, 0.2) is 5.76 Å². The number of H-pyrrole nitrogens is 1. The first-order chi connectivity index (χ1) is 10.8. The molecule has 1 saturated heterocycles. The number of nitrogens with one attached hydrogen (secondary N) is 1. The van der Waals surface area contributed by atoms with Crippen LogP contribution in [0.5, 0.6) is 0 Å². The molecule has 2 aromatic heterocycles. The zero-order valence-corrected chi connectivity index (χ0v) is 12.0. The second kappa shape index (κ2) is 5.35. The number of rotatable bonds is 2. The van der Waals surface area contributed by atoms with Gasteiger partial charge in [-0.2, -0.15) is 0 Å². The van der Waals surface area contributed by atoms with E-state index in [1.165, 1.54) is 0 Å². The maximum Gasteiger partial charge on any atom is 0.289 e. The molecule has 1 aromatic carbocycles. The van der Waals surface area contributed by atoms with Gasteiger partial charge >= 0.3 is 0 Å². The predicted molar refractivity (Wildman–Crippen MR) is 82.7 cm³/mol. The van der Waals surface area contributed by atoms with E-state index in [1.807, 2.05) is 36.5 Å². The molecule has 0 saturated carbocycles. The van der Waals surface area contributed by atoms with E-state index in [2.05, 4.69) is 4.98 Å². The van der Waals surface area contributed by atoms with E-state index in [1.54, 1.807) is 11.0 Å². The van der Waals surface area contributed by atoms with Crippen molar-refractivity contribution in [3.05, 3.63) is 48.4 Å². The number of ether oxygens (including phenoxy) is 1. The van der Waals surface area contributed by atoms with Crippen LogP contribution in [0.3, 0.4) is 0 Å². The minimum Gasteiger partial charge on any atom is -0.451 e. The lowest BCUT2D eigenvalue weighted by Gasteiger charge is -2.25. The highest BCUT2D eigenvalue weighted by Gasteiger charge is 2.22. The summed E-state index contributed by atoms with van der Waals surface area (Å²) in [6.07, 6.45) is 1.91. The summed E-state index contributed by atoms with van der Waals surface area (Å²) in [4.78, 5) is 17.4. The van der Waals surface area contributed by atoms with Gasteiger partial charge in [0.1, 0.15) is 5.76 Å². The molecule has 0 spiro atoms. The van der Waals surface area contributed by atoms with Crippen LogP contribution in [0, 0.1) is 0 Å². The van der Waals surface area contributed by atoms with Crippen molar-refractivity contribution in [3.63, 3.8) is 0 Å². The van der Waals surface area contributed by atoms with Gasteiger partial charge in [-0.05, 0) is 18.2 Å². The Morgan fingerprint density at radius 2 is 1.91 bits per heavy atom. The molecule has 22 heavy (non-hydrogen) atoms. The number of carbonyl (C=O) groups is 1. The van der Waals surface area contributed by atoms with Crippen LogP contribution in [0.15, 0.2) is 47.0 Å². The first kappa shape index (κ1) is 13.2.